The van der Waals surface area contributed by atoms with Gasteiger partial charge in [-0.1, -0.05) is 0 Å². The molecule has 0 fully saturated rings. The van der Waals surface area contributed by atoms with E-state index in [0.717, 1.165) is 5.69 Å². The first-order chi connectivity index (χ1) is 7.53. The van der Waals surface area contributed by atoms with Crippen LogP contribution in [0.5, 0.6) is 0 Å². The number of halogens is 3. The van der Waals surface area contributed by atoms with Gasteiger partial charge in [0.25, 0.3) is 0 Å². The van der Waals surface area contributed by atoms with Gasteiger partial charge in [0.1, 0.15) is 0 Å². The van der Waals surface area contributed by atoms with Gasteiger partial charge in [-0.05, 0) is 19.4 Å². The van der Waals surface area contributed by atoms with Crippen LogP contribution >= 0.6 is 0 Å². The molecule has 0 aliphatic carbocycles. The lowest BCUT2D eigenvalue weighted by atomic mass is 10.2. The molecule has 0 radical (unpaired) electrons. The number of nitrogens with zero attached hydrogens (tertiary/aromatic N) is 2. The molecule has 1 aromatic rings. The molecule has 0 spiro atoms. The Kier molecular flexibility index (Phi) is 4.79. The van der Waals surface area contributed by atoms with Crippen LogP contribution in [-0.2, 0) is 13.0 Å². The van der Waals surface area contributed by atoms with Crippen molar-refractivity contribution in [3.63, 3.8) is 0 Å². The van der Waals surface area contributed by atoms with Crippen molar-refractivity contribution < 1.29 is 13.2 Å². The Balaban J connectivity index is 2.29. The predicted molar refractivity (Wildman–Crippen MR) is 54.9 cm³/mol. The highest BCUT2D eigenvalue weighted by molar-refractivity contribution is 4.98. The van der Waals surface area contributed by atoms with E-state index < -0.39 is 12.6 Å². The summed E-state index contributed by atoms with van der Waals surface area (Å²) >= 11 is 0. The van der Waals surface area contributed by atoms with Gasteiger partial charge < -0.3 is 10.3 Å². The van der Waals surface area contributed by atoms with E-state index in [4.69, 9.17) is 5.73 Å². The van der Waals surface area contributed by atoms with E-state index in [9.17, 15) is 13.2 Å². The smallest absolute Gasteiger partial charge is 0.335 e. The molecule has 0 unspecified atom stereocenters. The maximum atomic E-state index is 11.9. The summed E-state index contributed by atoms with van der Waals surface area (Å²) in [7, 11) is 0. The average molecular weight is 235 g/mol. The lowest BCUT2D eigenvalue weighted by molar-refractivity contribution is -0.135. The van der Waals surface area contributed by atoms with E-state index in [1.165, 1.54) is 0 Å². The number of rotatable bonds is 6. The van der Waals surface area contributed by atoms with E-state index in [1.807, 2.05) is 4.57 Å². The molecule has 16 heavy (non-hydrogen) atoms. The fourth-order valence-corrected chi connectivity index (χ4v) is 1.51. The first-order valence-corrected chi connectivity index (χ1v) is 5.29. The molecule has 0 aliphatic heterocycles. The van der Waals surface area contributed by atoms with Crippen molar-refractivity contribution in [2.24, 2.45) is 5.73 Å². The van der Waals surface area contributed by atoms with Gasteiger partial charge in [0.15, 0.2) is 0 Å². The van der Waals surface area contributed by atoms with Crippen molar-refractivity contribution in [2.75, 3.05) is 6.54 Å². The van der Waals surface area contributed by atoms with Crippen LogP contribution in [0.25, 0.3) is 0 Å². The van der Waals surface area contributed by atoms with Crippen molar-refractivity contribution in [3.05, 3.63) is 18.2 Å². The van der Waals surface area contributed by atoms with Crippen molar-refractivity contribution in [2.45, 2.75) is 38.4 Å². The van der Waals surface area contributed by atoms with Crippen LogP contribution < -0.4 is 5.73 Å². The zero-order valence-electron chi connectivity index (χ0n) is 9.00. The number of alkyl halides is 3. The third kappa shape index (κ3) is 4.65. The Hall–Kier alpha value is -1.04. The minimum Gasteiger partial charge on any atom is -0.335 e. The standard InChI is InChI=1S/C10H16F3N3/c11-10(12,13)4-1-2-6-16-8-15-7-9(16)3-5-14/h7-8H,1-6,14H2. The summed E-state index contributed by atoms with van der Waals surface area (Å²) in [5.41, 5.74) is 6.39. The average Bonchev–Trinajstić information content (AvgIpc) is 2.60. The number of hydrogen-bond acceptors (Lipinski definition) is 2. The lowest BCUT2D eigenvalue weighted by Gasteiger charge is -2.08. The van der Waals surface area contributed by atoms with Gasteiger partial charge in [0.2, 0.25) is 0 Å². The number of imidazole rings is 1. The van der Waals surface area contributed by atoms with Gasteiger partial charge in [0.05, 0.1) is 6.33 Å². The first-order valence-electron chi connectivity index (χ1n) is 5.29. The molecule has 3 nitrogen and oxygen atoms in total. The normalized spacial score (nSPS) is 12.0. The molecule has 0 saturated carbocycles. The van der Waals surface area contributed by atoms with Crippen LogP contribution in [0, 0.1) is 0 Å². The zero-order chi connectivity index (χ0) is 12.0. The fraction of sp³-hybridized carbons (Fsp3) is 0.700. The van der Waals surface area contributed by atoms with Gasteiger partial charge >= 0.3 is 6.18 Å². The highest BCUT2D eigenvalue weighted by Gasteiger charge is 2.25. The van der Waals surface area contributed by atoms with Crippen LogP contribution in [0.2, 0.25) is 0 Å². The second kappa shape index (κ2) is 5.89. The lowest BCUT2D eigenvalue weighted by Crippen LogP contribution is -2.10. The number of nitrogens with two attached hydrogens (primary N) is 1. The third-order valence-electron chi connectivity index (χ3n) is 2.31. The van der Waals surface area contributed by atoms with E-state index in [1.54, 1.807) is 12.5 Å². The molecule has 0 aliphatic rings. The van der Waals surface area contributed by atoms with E-state index >= 15 is 0 Å². The van der Waals surface area contributed by atoms with Gasteiger partial charge in [0, 0.05) is 31.3 Å². The SMILES string of the molecule is NCCc1cncn1CCCCC(F)(F)F. The highest BCUT2D eigenvalue weighted by atomic mass is 19.4. The molecule has 2 N–H and O–H groups in total. The van der Waals surface area contributed by atoms with Crippen molar-refractivity contribution in [3.8, 4) is 0 Å². The van der Waals surface area contributed by atoms with Gasteiger partial charge in [-0.15, -0.1) is 0 Å². The summed E-state index contributed by atoms with van der Waals surface area (Å²) in [5.74, 6) is 0. The second-order valence-electron chi connectivity index (χ2n) is 3.69. The number of hydrogen-bond donors (Lipinski definition) is 1. The van der Waals surface area contributed by atoms with Crippen LogP contribution in [0.3, 0.4) is 0 Å². The van der Waals surface area contributed by atoms with Crippen LogP contribution in [0.1, 0.15) is 25.0 Å². The van der Waals surface area contributed by atoms with Crippen molar-refractivity contribution >= 4 is 0 Å². The summed E-state index contributed by atoms with van der Waals surface area (Å²) in [6.45, 7) is 1.10. The molecule has 1 aromatic heterocycles. The molecule has 0 bridgehead atoms. The zero-order valence-corrected chi connectivity index (χ0v) is 9.00. The van der Waals surface area contributed by atoms with Crippen LogP contribution in [0.4, 0.5) is 13.2 Å². The predicted octanol–water partition coefficient (Wildman–Crippen LogP) is 2.12. The van der Waals surface area contributed by atoms with Crippen molar-refractivity contribution in [1.82, 2.24) is 9.55 Å². The fourth-order valence-electron chi connectivity index (χ4n) is 1.51. The number of unbranched alkanes of at least 4 members (excludes halogenated alkanes) is 1. The highest BCUT2D eigenvalue weighted by Crippen LogP contribution is 2.22. The molecule has 0 amide bonds. The maximum absolute atomic E-state index is 11.9. The first kappa shape index (κ1) is 13.0. The molecule has 0 aromatic carbocycles. The Morgan fingerprint density at radius 1 is 1.31 bits per heavy atom. The van der Waals surface area contributed by atoms with E-state index in [-0.39, 0.29) is 6.42 Å². The molecule has 0 atom stereocenters. The number of aromatic nitrogens is 2. The monoisotopic (exact) mass is 235 g/mol. The Bertz CT molecular complexity index is 307. The van der Waals surface area contributed by atoms with E-state index in [2.05, 4.69) is 4.98 Å². The van der Waals surface area contributed by atoms with Crippen LogP contribution in [0.15, 0.2) is 12.5 Å². The largest absolute Gasteiger partial charge is 0.389 e. The molecular formula is C10H16F3N3. The molecule has 1 heterocycles. The summed E-state index contributed by atoms with van der Waals surface area (Å²) < 4.78 is 37.5. The molecule has 1 rings (SSSR count). The summed E-state index contributed by atoms with van der Waals surface area (Å²) in [6, 6.07) is 0. The van der Waals surface area contributed by atoms with Gasteiger partial charge in [-0.25, -0.2) is 4.98 Å². The third-order valence-corrected chi connectivity index (χ3v) is 2.31. The summed E-state index contributed by atoms with van der Waals surface area (Å²) in [4.78, 5) is 3.95. The number of aryl methyl sites for hydroxylation is 1. The Labute approximate surface area is 92.5 Å². The summed E-state index contributed by atoms with van der Waals surface area (Å²) in [6.07, 6.45) is -0.0470. The molecule has 92 valence electrons. The maximum Gasteiger partial charge on any atom is 0.389 e. The molecule has 0 saturated heterocycles. The minimum atomic E-state index is -4.05. The Morgan fingerprint density at radius 2 is 2.06 bits per heavy atom. The molecule has 6 heteroatoms. The van der Waals surface area contributed by atoms with E-state index in [0.29, 0.717) is 25.9 Å². The quantitative estimate of drug-likeness (QED) is 0.767. The van der Waals surface area contributed by atoms with Gasteiger partial charge in [-0.2, -0.15) is 13.2 Å². The second-order valence-corrected chi connectivity index (χ2v) is 3.69. The topological polar surface area (TPSA) is 43.8 Å². The van der Waals surface area contributed by atoms with Gasteiger partial charge in [-0.3, -0.25) is 0 Å². The minimum absolute atomic E-state index is 0.156. The van der Waals surface area contributed by atoms with Crippen LogP contribution in [-0.4, -0.2) is 22.3 Å². The Morgan fingerprint density at radius 3 is 2.69 bits per heavy atom. The van der Waals surface area contributed by atoms with Crippen molar-refractivity contribution in [1.29, 1.82) is 0 Å². The summed E-state index contributed by atoms with van der Waals surface area (Å²) in [5, 5.41) is 0. The molecular weight excluding hydrogens is 219 g/mol.